The maximum atomic E-state index is 12.6. The predicted molar refractivity (Wildman–Crippen MR) is 81.9 cm³/mol. The van der Waals surface area contributed by atoms with Crippen LogP contribution in [0.1, 0.15) is 10.4 Å². The lowest BCUT2D eigenvalue weighted by atomic mass is 10.2. The van der Waals surface area contributed by atoms with Crippen molar-refractivity contribution in [3.8, 4) is 5.69 Å². The fourth-order valence-electron chi connectivity index (χ4n) is 2.41. The number of ether oxygens (including phenoxy) is 1. The minimum absolute atomic E-state index is 0.0104. The van der Waals surface area contributed by atoms with Crippen molar-refractivity contribution < 1.29 is 19.4 Å². The lowest BCUT2D eigenvalue weighted by molar-refractivity contribution is -0.147. The van der Waals surface area contributed by atoms with Crippen LogP contribution in [0.15, 0.2) is 36.7 Å². The molecule has 1 aromatic heterocycles. The zero-order chi connectivity index (χ0) is 16.4. The summed E-state index contributed by atoms with van der Waals surface area (Å²) in [7, 11) is 0. The van der Waals surface area contributed by atoms with Crippen LogP contribution >= 0.6 is 11.6 Å². The van der Waals surface area contributed by atoms with E-state index in [-0.39, 0.29) is 19.1 Å². The molecule has 1 amide bonds. The van der Waals surface area contributed by atoms with Crippen molar-refractivity contribution in [3.05, 3.63) is 47.2 Å². The van der Waals surface area contributed by atoms with Gasteiger partial charge in [0, 0.05) is 17.8 Å². The first-order valence-corrected chi connectivity index (χ1v) is 7.36. The standard InChI is InChI=1S/C15H14ClN3O4/c16-11-2-1-3-12(6-11)19-8-10(7-17-19)14(20)18-4-5-23-9-13(18)15(21)22/h1-3,6-8,13H,4-5,9H2,(H,21,22)/t13-/m0/s1. The van der Waals surface area contributed by atoms with Crippen molar-refractivity contribution >= 4 is 23.5 Å². The molecule has 1 fully saturated rings. The number of hydrogen-bond donors (Lipinski definition) is 1. The monoisotopic (exact) mass is 335 g/mol. The third kappa shape index (κ3) is 3.20. The summed E-state index contributed by atoms with van der Waals surface area (Å²) >= 11 is 5.94. The van der Waals surface area contributed by atoms with Crippen molar-refractivity contribution in [1.82, 2.24) is 14.7 Å². The molecule has 8 heteroatoms. The van der Waals surface area contributed by atoms with Gasteiger partial charge in [0.2, 0.25) is 0 Å². The Kier molecular flexibility index (Phi) is 4.31. The van der Waals surface area contributed by atoms with Gasteiger partial charge in [-0.25, -0.2) is 9.48 Å². The summed E-state index contributed by atoms with van der Waals surface area (Å²) in [6.45, 7) is 0.541. The lowest BCUT2D eigenvalue weighted by Gasteiger charge is -2.32. The molecule has 0 aliphatic carbocycles. The minimum atomic E-state index is -1.08. The molecule has 1 aromatic carbocycles. The van der Waals surface area contributed by atoms with E-state index >= 15 is 0 Å². The second-order valence-electron chi connectivity index (χ2n) is 5.08. The van der Waals surface area contributed by atoms with Crippen LogP contribution in [0.3, 0.4) is 0 Å². The molecule has 0 spiro atoms. The SMILES string of the molecule is O=C(O)[C@@H]1COCCN1C(=O)c1cnn(-c2cccc(Cl)c2)c1. The molecule has 2 aromatic rings. The van der Waals surface area contributed by atoms with Crippen LogP contribution in [0, 0.1) is 0 Å². The number of nitrogens with zero attached hydrogens (tertiary/aromatic N) is 3. The summed E-state index contributed by atoms with van der Waals surface area (Å²) in [5.41, 5.74) is 1.03. The third-order valence-electron chi connectivity index (χ3n) is 3.58. The summed E-state index contributed by atoms with van der Waals surface area (Å²) in [4.78, 5) is 25.1. The predicted octanol–water partition coefficient (Wildman–Crippen LogP) is 1.45. The highest BCUT2D eigenvalue weighted by Gasteiger charge is 2.33. The number of aromatic nitrogens is 2. The smallest absolute Gasteiger partial charge is 0.328 e. The molecule has 0 bridgehead atoms. The van der Waals surface area contributed by atoms with Gasteiger partial charge in [0.15, 0.2) is 6.04 Å². The number of morpholine rings is 1. The summed E-state index contributed by atoms with van der Waals surface area (Å²) in [6, 6.07) is 6.07. The Morgan fingerprint density at radius 3 is 2.96 bits per heavy atom. The van der Waals surface area contributed by atoms with E-state index in [0.717, 1.165) is 0 Å². The van der Waals surface area contributed by atoms with E-state index in [1.807, 2.05) is 6.07 Å². The Balaban J connectivity index is 1.84. The van der Waals surface area contributed by atoms with E-state index in [2.05, 4.69) is 5.10 Å². The number of carboxylic acids is 1. The largest absolute Gasteiger partial charge is 0.480 e. The fourth-order valence-corrected chi connectivity index (χ4v) is 2.59. The first kappa shape index (κ1) is 15.5. The Morgan fingerprint density at radius 2 is 2.22 bits per heavy atom. The highest BCUT2D eigenvalue weighted by atomic mass is 35.5. The van der Waals surface area contributed by atoms with Crippen molar-refractivity contribution in [3.63, 3.8) is 0 Å². The number of benzene rings is 1. The molecule has 3 rings (SSSR count). The van der Waals surface area contributed by atoms with Gasteiger partial charge in [-0.05, 0) is 18.2 Å². The molecule has 0 saturated carbocycles. The molecule has 0 radical (unpaired) electrons. The first-order valence-electron chi connectivity index (χ1n) is 6.98. The molecule has 2 heterocycles. The lowest BCUT2D eigenvalue weighted by Crippen LogP contribution is -2.52. The van der Waals surface area contributed by atoms with Gasteiger partial charge in [0.25, 0.3) is 5.91 Å². The number of carbonyl (C=O) groups excluding carboxylic acids is 1. The van der Waals surface area contributed by atoms with Gasteiger partial charge in [-0.2, -0.15) is 5.10 Å². The number of hydrogen-bond acceptors (Lipinski definition) is 4. The molecule has 1 N–H and O–H groups in total. The molecule has 1 aliphatic heterocycles. The van der Waals surface area contributed by atoms with E-state index in [0.29, 0.717) is 22.9 Å². The average molecular weight is 336 g/mol. The van der Waals surface area contributed by atoms with E-state index in [1.165, 1.54) is 15.8 Å². The number of carbonyl (C=O) groups is 2. The van der Waals surface area contributed by atoms with Crippen molar-refractivity contribution in [2.24, 2.45) is 0 Å². The van der Waals surface area contributed by atoms with Crippen LogP contribution < -0.4 is 0 Å². The second-order valence-corrected chi connectivity index (χ2v) is 5.52. The van der Waals surface area contributed by atoms with Crippen LogP contribution in [0.2, 0.25) is 5.02 Å². The number of halogens is 1. The maximum Gasteiger partial charge on any atom is 0.328 e. The van der Waals surface area contributed by atoms with Gasteiger partial charge in [-0.1, -0.05) is 17.7 Å². The van der Waals surface area contributed by atoms with Crippen LogP contribution in [-0.2, 0) is 9.53 Å². The fraction of sp³-hybridized carbons (Fsp3) is 0.267. The third-order valence-corrected chi connectivity index (χ3v) is 3.81. The Bertz CT molecular complexity index is 746. The average Bonchev–Trinajstić information content (AvgIpc) is 3.04. The van der Waals surface area contributed by atoms with Crippen molar-refractivity contribution in [2.75, 3.05) is 19.8 Å². The molecule has 1 aliphatic rings. The van der Waals surface area contributed by atoms with Gasteiger partial charge in [0.05, 0.1) is 30.7 Å². The molecule has 120 valence electrons. The molecule has 1 atom stereocenters. The highest BCUT2D eigenvalue weighted by Crippen LogP contribution is 2.17. The normalized spacial score (nSPS) is 18.0. The Hall–Kier alpha value is -2.38. The van der Waals surface area contributed by atoms with E-state index < -0.39 is 12.0 Å². The van der Waals surface area contributed by atoms with Crippen molar-refractivity contribution in [2.45, 2.75) is 6.04 Å². The zero-order valence-electron chi connectivity index (χ0n) is 12.1. The molecular formula is C15H14ClN3O4. The van der Waals surface area contributed by atoms with E-state index in [4.69, 9.17) is 16.3 Å². The quantitative estimate of drug-likeness (QED) is 0.917. The van der Waals surface area contributed by atoms with Crippen LogP contribution in [0.4, 0.5) is 0 Å². The Morgan fingerprint density at radius 1 is 1.39 bits per heavy atom. The Labute approximate surface area is 137 Å². The minimum Gasteiger partial charge on any atom is -0.480 e. The summed E-state index contributed by atoms with van der Waals surface area (Å²) in [5.74, 6) is -1.46. The summed E-state index contributed by atoms with van der Waals surface area (Å²) in [6.07, 6.45) is 2.97. The van der Waals surface area contributed by atoms with E-state index in [9.17, 15) is 14.7 Å². The maximum absolute atomic E-state index is 12.6. The number of aliphatic carboxylic acids is 1. The highest BCUT2D eigenvalue weighted by molar-refractivity contribution is 6.30. The van der Waals surface area contributed by atoms with Crippen LogP contribution in [0.25, 0.3) is 5.69 Å². The molecule has 0 unspecified atom stereocenters. The van der Waals surface area contributed by atoms with Gasteiger partial charge < -0.3 is 14.7 Å². The molecule has 23 heavy (non-hydrogen) atoms. The first-order chi connectivity index (χ1) is 11.1. The molecule has 7 nitrogen and oxygen atoms in total. The second kappa shape index (κ2) is 6.39. The van der Waals surface area contributed by atoms with Gasteiger partial charge in [-0.15, -0.1) is 0 Å². The number of rotatable bonds is 3. The van der Waals surface area contributed by atoms with Crippen LogP contribution in [-0.4, -0.2) is 57.5 Å². The molecule has 1 saturated heterocycles. The van der Waals surface area contributed by atoms with Gasteiger partial charge in [-0.3, -0.25) is 4.79 Å². The number of carboxylic acid groups (broad SMARTS) is 1. The van der Waals surface area contributed by atoms with E-state index in [1.54, 1.807) is 24.4 Å². The van der Waals surface area contributed by atoms with Gasteiger partial charge >= 0.3 is 5.97 Å². The molecular weight excluding hydrogens is 322 g/mol. The topological polar surface area (TPSA) is 84.7 Å². The summed E-state index contributed by atoms with van der Waals surface area (Å²) in [5, 5.41) is 13.9. The van der Waals surface area contributed by atoms with Gasteiger partial charge in [0.1, 0.15) is 0 Å². The zero-order valence-corrected chi connectivity index (χ0v) is 12.8. The summed E-state index contributed by atoms with van der Waals surface area (Å²) < 4.78 is 6.66. The number of amides is 1. The van der Waals surface area contributed by atoms with Crippen LogP contribution in [0.5, 0.6) is 0 Å². The van der Waals surface area contributed by atoms with Crippen molar-refractivity contribution in [1.29, 1.82) is 0 Å².